The average Bonchev–Trinajstić information content (AvgIpc) is 3.33. The molecular weight excluding hydrogens is 352 g/mol. The van der Waals surface area contributed by atoms with Crippen LogP contribution in [0, 0.1) is 0 Å². The highest BCUT2D eigenvalue weighted by molar-refractivity contribution is 5.61. The van der Waals surface area contributed by atoms with Crippen molar-refractivity contribution in [2.45, 2.75) is 44.8 Å². The first kappa shape index (κ1) is 18.7. The smallest absolute Gasteiger partial charge is 0.163 e. The van der Waals surface area contributed by atoms with Crippen molar-refractivity contribution in [1.82, 2.24) is 19.9 Å². The minimum Gasteiger partial charge on any atom is -0.395 e. The zero-order chi connectivity index (χ0) is 19.5. The monoisotopic (exact) mass is 380 g/mol. The first-order chi connectivity index (χ1) is 13.6. The van der Waals surface area contributed by atoms with Crippen LogP contribution in [0.2, 0.25) is 0 Å². The molecule has 1 saturated heterocycles. The summed E-state index contributed by atoms with van der Waals surface area (Å²) in [5.74, 6) is 2.08. The van der Waals surface area contributed by atoms with Gasteiger partial charge >= 0.3 is 0 Å². The molecule has 2 atom stereocenters. The van der Waals surface area contributed by atoms with Crippen LogP contribution in [0.3, 0.4) is 0 Å². The second-order valence-corrected chi connectivity index (χ2v) is 7.72. The Kier molecular flexibility index (Phi) is 5.45. The summed E-state index contributed by atoms with van der Waals surface area (Å²) in [4.78, 5) is 4.85. The molecule has 0 amide bonds. The predicted molar refractivity (Wildman–Crippen MR) is 112 cm³/mol. The summed E-state index contributed by atoms with van der Waals surface area (Å²) in [6.07, 6.45) is 2.79. The normalized spacial score (nSPS) is 19.4. The van der Waals surface area contributed by atoms with Crippen molar-refractivity contribution >= 4 is 17.3 Å². The molecule has 2 aromatic heterocycles. The molecule has 0 aliphatic carbocycles. The Bertz CT molecular complexity index is 923. The molecule has 3 aromatic rings. The lowest BCUT2D eigenvalue weighted by molar-refractivity contribution is 0.254. The molecule has 4 rings (SSSR count). The molecule has 7 nitrogen and oxygen atoms in total. The van der Waals surface area contributed by atoms with Crippen molar-refractivity contribution in [1.29, 1.82) is 0 Å². The minimum absolute atomic E-state index is 0.151. The minimum atomic E-state index is 0.151. The number of fused-ring (bicyclic) bond motifs is 1. The average molecular weight is 380 g/mol. The van der Waals surface area contributed by atoms with E-state index in [4.69, 9.17) is 4.98 Å². The number of aromatic nitrogens is 3. The maximum absolute atomic E-state index is 9.36. The van der Waals surface area contributed by atoms with Crippen LogP contribution >= 0.6 is 0 Å². The quantitative estimate of drug-likeness (QED) is 0.504. The number of aliphatic hydroxyl groups excluding tert-OH is 1. The zero-order valence-electron chi connectivity index (χ0n) is 16.4. The highest BCUT2D eigenvalue weighted by Crippen LogP contribution is 2.25. The van der Waals surface area contributed by atoms with Crippen LogP contribution < -0.4 is 16.0 Å². The molecule has 4 N–H and O–H groups in total. The van der Waals surface area contributed by atoms with Gasteiger partial charge in [-0.05, 0) is 17.9 Å². The Morgan fingerprint density at radius 3 is 2.82 bits per heavy atom. The molecular formula is C21H28N6O. The van der Waals surface area contributed by atoms with Crippen LogP contribution in [-0.4, -0.2) is 44.9 Å². The molecule has 0 radical (unpaired) electrons. The van der Waals surface area contributed by atoms with Gasteiger partial charge in [0.15, 0.2) is 5.65 Å². The van der Waals surface area contributed by atoms with Gasteiger partial charge in [0.1, 0.15) is 11.6 Å². The first-order valence-electron chi connectivity index (χ1n) is 9.91. The number of nitrogens with one attached hydrogen (secondary N) is 3. The largest absolute Gasteiger partial charge is 0.395 e. The number of hydrogen-bond donors (Lipinski definition) is 4. The molecule has 1 aliphatic heterocycles. The van der Waals surface area contributed by atoms with E-state index in [1.54, 1.807) is 0 Å². The van der Waals surface area contributed by atoms with Crippen molar-refractivity contribution in [3.63, 3.8) is 0 Å². The third-order valence-corrected chi connectivity index (χ3v) is 5.23. The maximum Gasteiger partial charge on any atom is 0.163 e. The lowest BCUT2D eigenvalue weighted by atomic mass is 10.1. The summed E-state index contributed by atoms with van der Waals surface area (Å²) < 4.78 is 1.88. The van der Waals surface area contributed by atoms with Crippen molar-refractivity contribution in [2.75, 3.05) is 23.8 Å². The van der Waals surface area contributed by atoms with Crippen molar-refractivity contribution in [3.8, 4) is 0 Å². The standard InChI is InChI=1S/C21H28N6O/c1-14(2)18-12-24-27-20(23-10-15-6-4-3-5-7-15)9-19(26-21(18)27)25-16-8-17(13-28)22-11-16/h3-7,9,12,14,16-17,22-23,28H,8,10-11,13H2,1-2H3,(H,25,26)/t16-,17-/m0/s1. The van der Waals surface area contributed by atoms with Gasteiger partial charge in [-0.1, -0.05) is 44.2 Å². The van der Waals surface area contributed by atoms with Crippen LogP contribution in [0.15, 0.2) is 42.6 Å². The summed E-state index contributed by atoms with van der Waals surface area (Å²) >= 11 is 0. The molecule has 0 saturated carbocycles. The molecule has 28 heavy (non-hydrogen) atoms. The highest BCUT2D eigenvalue weighted by Gasteiger charge is 2.24. The van der Waals surface area contributed by atoms with E-state index in [1.807, 2.05) is 35.0 Å². The lowest BCUT2D eigenvalue weighted by Gasteiger charge is -2.16. The van der Waals surface area contributed by atoms with Gasteiger partial charge in [0, 0.05) is 36.8 Å². The van der Waals surface area contributed by atoms with Crippen LogP contribution in [0.25, 0.3) is 5.65 Å². The summed E-state index contributed by atoms with van der Waals surface area (Å²) in [6, 6.07) is 12.7. The number of aliphatic hydroxyl groups is 1. The van der Waals surface area contributed by atoms with E-state index in [-0.39, 0.29) is 18.7 Å². The van der Waals surface area contributed by atoms with Gasteiger partial charge in [0.25, 0.3) is 0 Å². The molecule has 0 unspecified atom stereocenters. The third kappa shape index (κ3) is 3.95. The fourth-order valence-electron chi connectivity index (χ4n) is 3.65. The van der Waals surface area contributed by atoms with Crippen LogP contribution in [0.4, 0.5) is 11.6 Å². The molecule has 148 valence electrons. The Labute approximate surface area is 165 Å². The lowest BCUT2D eigenvalue weighted by Crippen LogP contribution is -2.25. The molecule has 1 aromatic carbocycles. The van der Waals surface area contributed by atoms with Crippen molar-refractivity contribution in [2.24, 2.45) is 0 Å². The van der Waals surface area contributed by atoms with Crippen LogP contribution in [-0.2, 0) is 6.54 Å². The topological polar surface area (TPSA) is 86.5 Å². The van der Waals surface area contributed by atoms with Crippen molar-refractivity contribution < 1.29 is 5.11 Å². The van der Waals surface area contributed by atoms with Gasteiger partial charge in [-0.15, -0.1) is 0 Å². The SMILES string of the molecule is CC(C)c1cnn2c(NCc3ccccc3)cc(N[C@@H]3CN[C@H](CO)C3)nc12. The van der Waals surface area contributed by atoms with E-state index in [0.717, 1.165) is 35.8 Å². The van der Waals surface area contributed by atoms with Gasteiger partial charge in [-0.25, -0.2) is 4.98 Å². The summed E-state index contributed by atoms with van der Waals surface area (Å²) in [5.41, 5.74) is 3.22. The van der Waals surface area contributed by atoms with E-state index < -0.39 is 0 Å². The summed E-state index contributed by atoms with van der Waals surface area (Å²) in [6.45, 7) is 6.01. The Balaban J connectivity index is 1.62. The van der Waals surface area contributed by atoms with Crippen LogP contribution in [0.5, 0.6) is 0 Å². The van der Waals surface area contributed by atoms with Gasteiger partial charge in [-0.2, -0.15) is 9.61 Å². The maximum atomic E-state index is 9.36. The summed E-state index contributed by atoms with van der Waals surface area (Å²) in [7, 11) is 0. The Morgan fingerprint density at radius 2 is 2.11 bits per heavy atom. The molecule has 7 heteroatoms. The highest BCUT2D eigenvalue weighted by atomic mass is 16.3. The van der Waals surface area contributed by atoms with E-state index >= 15 is 0 Å². The second-order valence-electron chi connectivity index (χ2n) is 7.72. The van der Waals surface area contributed by atoms with Gasteiger partial charge in [0.05, 0.1) is 12.8 Å². The molecule has 3 heterocycles. The van der Waals surface area contributed by atoms with Crippen LogP contribution in [0.1, 0.15) is 37.3 Å². The molecule has 1 aliphatic rings. The molecule has 0 spiro atoms. The first-order valence-corrected chi connectivity index (χ1v) is 9.91. The van der Waals surface area contributed by atoms with E-state index in [9.17, 15) is 5.11 Å². The fourth-order valence-corrected chi connectivity index (χ4v) is 3.65. The number of rotatable bonds is 7. The number of anilines is 2. The van der Waals surface area contributed by atoms with Gasteiger partial charge in [0.2, 0.25) is 0 Å². The number of hydrogen-bond acceptors (Lipinski definition) is 6. The van der Waals surface area contributed by atoms with Gasteiger partial charge < -0.3 is 21.1 Å². The predicted octanol–water partition coefficient (Wildman–Crippen LogP) is 2.60. The van der Waals surface area contributed by atoms with E-state index in [1.165, 1.54) is 5.56 Å². The second kappa shape index (κ2) is 8.16. The fraction of sp³-hybridized carbons (Fsp3) is 0.429. The summed E-state index contributed by atoms with van der Waals surface area (Å²) in [5, 5.41) is 24.3. The third-order valence-electron chi connectivity index (χ3n) is 5.23. The number of benzene rings is 1. The Hall–Kier alpha value is -2.64. The van der Waals surface area contributed by atoms with E-state index in [0.29, 0.717) is 12.5 Å². The van der Waals surface area contributed by atoms with Gasteiger partial charge in [-0.3, -0.25) is 0 Å². The number of nitrogens with zero attached hydrogens (tertiary/aromatic N) is 3. The molecule has 0 bridgehead atoms. The molecule has 1 fully saturated rings. The van der Waals surface area contributed by atoms with E-state index in [2.05, 4.69) is 47.0 Å². The zero-order valence-corrected chi connectivity index (χ0v) is 16.4. The Morgan fingerprint density at radius 1 is 1.29 bits per heavy atom. The van der Waals surface area contributed by atoms with Crippen molar-refractivity contribution in [3.05, 3.63) is 53.7 Å².